The lowest BCUT2D eigenvalue weighted by molar-refractivity contribution is 0.156. The molecular formula is C15H21N3O. The highest BCUT2D eigenvalue weighted by atomic mass is 16.3. The number of aromatic amines is 1. The predicted molar refractivity (Wildman–Crippen MR) is 76.6 cm³/mol. The Morgan fingerprint density at radius 2 is 2.00 bits per heavy atom. The second-order valence-electron chi connectivity index (χ2n) is 5.56. The summed E-state index contributed by atoms with van der Waals surface area (Å²) in [6.07, 6.45) is 1.85. The van der Waals surface area contributed by atoms with E-state index in [0.29, 0.717) is 0 Å². The Labute approximate surface area is 113 Å². The van der Waals surface area contributed by atoms with Crippen LogP contribution in [0.15, 0.2) is 36.5 Å². The molecule has 1 aromatic heterocycles. The van der Waals surface area contributed by atoms with Crippen LogP contribution in [-0.4, -0.2) is 28.5 Å². The fraction of sp³-hybridized carbons (Fsp3) is 0.400. The van der Waals surface area contributed by atoms with Crippen molar-refractivity contribution in [1.29, 1.82) is 0 Å². The van der Waals surface area contributed by atoms with Crippen LogP contribution < -0.4 is 5.32 Å². The lowest BCUT2D eigenvalue weighted by atomic mass is 9.95. The highest BCUT2D eigenvalue weighted by Crippen LogP contribution is 2.20. The van der Waals surface area contributed by atoms with Crippen molar-refractivity contribution in [2.75, 3.05) is 13.2 Å². The number of nitrogens with one attached hydrogen (secondary N) is 2. The number of aliphatic hydroxyl groups is 1. The fourth-order valence-electron chi connectivity index (χ4n) is 1.89. The Morgan fingerprint density at radius 3 is 2.68 bits per heavy atom. The maximum Gasteiger partial charge on any atom is 0.0695 e. The van der Waals surface area contributed by atoms with Gasteiger partial charge in [-0.3, -0.25) is 5.10 Å². The molecule has 0 aliphatic rings. The Morgan fingerprint density at radius 1 is 1.26 bits per heavy atom. The minimum atomic E-state index is -0.101. The average Bonchev–Trinajstić information content (AvgIpc) is 2.88. The molecule has 0 radical (unpaired) electrons. The van der Waals surface area contributed by atoms with Crippen LogP contribution in [0.25, 0.3) is 11.3 Å². The molecule has 0 saturated heterocycles. The second-order valence-corrected chi connectivity index (χ2v) is 5.56. The molecule has 0 amide bonds. The van der Waals surface area contributed by atoms with Crippen molar-refractivity contribution in [3.63, 3.8) is 0 Å². The van der Waals surface area contributed by atoms with Gasteiger partial charge >= 0.3 is 0 Å². The van der Waals surface area contributed by atoms with Crippen LogP contribution in [0.1, 0.15) is 19.4 Å². The van der Waals surface area contributed by atoms with Crippen molar-refractivity contribution < 1.29 is 5.11 Å². The van der Waals surface area contributed by atoms with Crippen LogP contribution in [0.4, 0.5) is 0 Å². The topological polar surface area (TPSA) is 60.9 Å². The van der Waals surface area contributed by atoms with Crippen LogP contribution >= 0.6 is 0 Å². The third-order valence-corrected chi connectivity index (χ3v) is 3.13. The first-order valence-corrected chi connectivity index (χ1v) is 6.52. The molecule has 0 spiro atoms. The van der Waals surface area contributed by atoms with Gasteiger partial charge in [-0.15, -0.1) is 0 Å². The van der Waals surface area contributed by atoms with E-state index >= 15 is 0 Å². The zero-order valence-electron chi connectivity index (χ0n) is 11.5. The molecule has 0 aliphatic heterocycles. The molecule has 0 saturated carbocycles. The Balaban J connectivity index is 2.01. The molecule has 4 nitrogen and oxygen atoms in total. The lowest BCUT2D eigenvalue weighted by Crippen LogP contribution is -2.31. The maximum absolute atomic E-state index is 9.23. The largest absolute Gasteiger partial charge is 0.396 e. The molecule has 0 atom stereocenters. The Bertz CT molecular complexity index is 505. The summed E-state index contributed by atoms with van der Waals surface area (Å²) in [6.45, 7) is 5.75. The fourth-order valence-corrected chi connectivity index (χ4v) is 1.89. The number of aliphatic hydroxyl groups excluding tert-OH is 1. The molecule has 102 valence electrons. The third-order valence-electron chi connectivity index (χ3n) is 3.13. The number of H-pyrrole nitrogens is 1. The number of aromatic nitrogens is 2. The standard InChI is InChI=1S/C15H21N3O/c1-15(2,11-19)10-16-8-13-9-17-18-14(13)12-6-4-3-5-7-12/h3-7,9,16,19H,8,10-11H2,1-2H3,(H,17,18). The van der Waals surface area contributed by atoms with E-state index in [1.54, 1.807) is 0 Å². The number of rotatable bonds is 6. The van der Waals surface area contributed by atoms with Gasteiger partial charge in [0.2, 0.25) is 0 Å². The van der Waals surface area contributed by atoms with Gasteiger partial charge in [-0.2, -0.15) is 5.10 Å². The van der Waals surface area contributed by atoms with Gasteiger partial charge in [0, 0.05) is 30.7 Å². The third kappa shape index (κ3) is 3.66. The lowest BCUT2D eigenvalue weighted by Gasteiger charge is -2.21. The molecule has 4 heteroatoms. The summed E-state index contributed by atoms with van der Waals surface area (Å²) in [7, 11) is 0. The van der Waals surface area contributed by atoms with Crippen LogP contribution in [-0.2, 0) is 6.54 Å². The summed E-state index contributed by atoms with van der Waals surface area (Å²) < 4.78 is 0. The highest BCUT2D eigenvalue weighted by Gasteiger charge is 2.16. The minimum absolute atomic E-state index is 0.101. The van der Waals surface area contributed by atoms with Crippen molar-refractivity contribution in [2.24, 2.45) is 5.41 Å². The number of benzene rings is 1. The molecule has 3 N–H and O–H groups in total. The Kier molecular flexibility index (Phi) is 4.35. The number of hydrogen-bond acceptors (Lipinski definition) is 3. The zero-order valence-corrected chi connectivity index (χ0v) is 11.5. The first-order valence-electron chi connectivity index (χ1n) is 6.52. The summed E-state index contributed by atoms with van der Waals surface area (Å²) in [5.74, 6) is 0. The van der Waals surface area contributed by atoms with Crippen molar-refractivity contribution in [2.45, 2.75) is 20.4 Å². The van der Waals surface area contributed by atoms with E-state index in [2.05, 4.69) is 27.6 Å². The van der Waals surface area contributed by atoms with E-state index in [9.17, 15) is 5.11 Å². The van der Waals surface area contributed by atoms with Gasteiger partial charge in [0.05, 0.1) is 11.9 Å². The minimum Gasteiger partial charge on any atom is -0.396 e. The second kappa shape index (κ2) is 5.99. The van der Waals surface area contributed by atoms with Crippen molar-refractivity contribution >= 4 is 0 Å². The first kappa shape index (κ1) is 13.8. The quantitative estimate of drug-likeness (QED) is 0.745. The smallest absolute Gasteiger partial charge is 0.0695 e. The first-order chi connectivity index (χ1) is 9.12. The van der Waals surface area contributed by atoms with E-state index < -0.39 is 0 Å². The highest BCUT2D eigenvalue weighted by molar-refractivity contribution is 5.62. The van der Waals surface area contributed by atoms with Gasteiger partial charge in [-0.25, -0.2) is 0 Å². The molecule has 19 heavy (non-hydrogen) atoms. The number of hydrogen-bond donors (Lipinski definition) is 3. The van der Waals surface area contributed by atoms with Crippen molar-refractivity contribution in [1.82, 2.24) is 15.5 Å². The maximum atomic E-state index is 9.23. The summed E-state index contributed by atoms with van der Waals surface area (Å²) >= 11 is 0. The molecule has 0 fully saturated rings. The van der Waals surface area contributed by atoms with Crippen LogP contribution in [0, 0.1) is 5.41 Å². The van der Waals surface area contributed by atoms with Gasteiger partial charge in [0.25, 0.3) is 0 Å². The SMILES string of the molecule is CC(C)(CO)CNCc1cn[nH]c1-c1ccccc1. The van der Waals surface area contributed by atoms with E-state index in [1.165, 1.54) is 0 Å². The number of nitrogens with zero attached hydrogens (tertiary/aromatic N) is 1. The molecule has 0 aliphatic carbocycles. The monoisotopic (exact) mass is 259 g/mol. The molecule has 0 bridgehead atoms. The van der Waals surface area contributed by atoms with E-state index in [4.69, 9.17) is 0 Å². The van der Waals surface area contributed by atoms with Crippen LogP contribution in [0.3, 0.4) is 0 Å². The predicted octanol–water partition coefficient (Wildman–Crippen LogP) is 2.18. The van der Waals surface area contributed by atoms with Crippen LogP contribution in [0.2, 0.25) is 0 Å². The normalized spacial score (nSPS) is 11.7. The van der Waals surface area contributed by atoms with Crippen molar-refractivity contribution in [3.05, 3.63) is 42.1 Å². The molecule has 0 unspecified atom stereocenters. The Hall–Kier alpha value is -1.65. The molecular weight excluding hydrogens is 238 g/mol. The zero-order chi connectivity index (χ0) is 13.7. The molecule has 2 rings (SSSR count). The summed E-state index contributed by atoms with van der Waals surface area (Å²) in [4.78, 5) is 0. The van der Waals surface area contributed by atoms with Gasteiger partial charge in [-0.1, -0.05) is 44.2 Å². The van der Waals surface area contributed by atoms with Crippen molar-refractivity contribution in [3.8, 4) is 11.3 Å². The molecule has 2 aromatic rings. The summed E-state index contributed by atoms with van der Waals surface area (Å²) in [5.41, 5.74) is 3.23. The summed E-state index contributed by atoms with van der Waals surface area (Å²) in [6, 6.07) is 10.2. The summed E-state index contributed by atoms with van der Waals surface area (Å²) in [5, 5.41) is 19.8. The molecule has 1 heterocycles. The van der Waals surface area contributed by atoms with Gasteiger partial charge in [0.15, 0.2) is 0 Å². The van der Waals surface area contributed by atoms with Crippen LogP contribution in [0.5, 0.6) is 0 Å². The molecule has 1 aromatic carbocycles. The van der Waals surface area contributed by atoms with E-state index in [1.807, 2.05) is 38.2 Å². The van der Waals surface area contributed by atoms with E-state index in [0.717, 1.165) is 29.9 Å². The van der Waals surface area contributed by atoms with E-state index in [-0.39, 0.29) is 12.0 Å². The average molecular weight is 259 g/mol. The van der Waals surface area contributed by atoms with Gasteiger partial charge in [0.1, 0.15) is 0 Å². The van der Waals surface area contributed by atoms with Gasteiger partial charge in [-0.05, 0) is 5.56 Å². The van der Waals surface area contributed by atoms with Gasteiger partial charge < -0.3 is 10.4 Å².